The van der Waals surface area contributed by atoms with E-state index < -0.39 is 175 Å². The van der Waals surface area contributed by atoms with Crippen molar-refractivity contribution in [3.8, 4) is 0 Å². The number of likely N-dealkylation sites (N-methyl/N-ethyl adjacent to an activating group) is 1. The molecule has 5 rings (SSSR count). The van der Waals surface area contributed by atoms with Crippen molar-refractivity contribution in [1.82, 2.24) is 19.4 Å². The minimum Gasteiger partial charge on any atom is -0.336 e. The molecule has 0 N–H and O–H groups in total. The van der Waals surface area contributed by atoms with Crippen molar-refractivity contribution in [2.24, 2.45) is 5.92 Å². The average Bonchev–Trinajstić information content (AvgIpc) is 3.68. The van der Waals surface area contributed by atoms with Crippen molar-refractivity contribution < 1.29 is 48.4 Å². The second-order valence-corrected chi connectivity index (χ2v) is 11.4. The van der Waals surface area contributed by atoms with Gasteiger partial charge in [0, 0.05) is 54.5 Å². The van der Waals surface area contributed by atoms with Crippen LogP contribution in [-0.4, -0.2) is 64.0 Å². The highest BCUT2D eigenvalue weighted by atomic mass is 32.2. The molecule has 1 heterocycles. The zero-order chi connectivity index (χ0) is 51.2. The molecule has 0 bridgehead atoms. The number of carbonyl (C=O) groups is 1. The number of nitrogens with zero attached hydrogens (tertiary/aromatic N) is 4. The van der Waals surface area contributed by atoms with Crippen molar-refractivity contribution in [1.29, 1.82) is 0 Å². The standard InChI is InChI=1S/C37H44F4N4O2S/c1-4-43(5-2)19-20-44(22-26-9-13-28(14-10-26)29-15-18-32(25(3)21-29)37(39,40)41)34(46)23-45-33-8-6-7-31(33)35(47)42-36(45)48-24-27-11-16-30(38)17-12-27/h9,11-13,15-18,25H,4-8,10,14,19-24H2,1-3H3/i4D2,5D2,9D,10D,11D,12D,13D,14D,15D,16D,17D,18D,21D,22D2,24D2. The van der Waals surface area contributed by atoms with Crippen molar-refractivity contribution in [3.05, 3.63) is 104 Å². The van der Waals surface area contributed by atoms with E-state index >= 15 is 0 Å². The van der Waals surface area contributed by atoms with Gasteiger partial charge >= 0.3 is 6.18 Å². The van der Waals surface area contributed by atoms with Crippen molar-refractivity contribution in [2.75, 3.05) is 32.6 Å². The maximum Gasteiger partial charge on any atom is 0.412 e. The summed E-state index contributed by atoms with van der Waals surface area (Å²) in [5.41, 5.74) is -8.83. The van der Waals surface area contributed by atoms with E-state index in [1.54, 1.807) is 0 Å². The highest BCUT2D eigenvalue weighted by molar-refractivity contribution is 7.98. The van der Waals surface area contributed by atoms with E-state index in [9.17, 15) is 29.9 Å². The minimum atomic E-state index is -5.14. The monoisotopic (exact) mass is 703 g/mol. The summed E-state index contributed by atoms with van der Waals surface area (Å²) in [6.45, 7) is -8.44. The highest BCUT2D eigenvalue weighted by Crippen LogP contribution is 2.40. The topological polar surface area (TPSA) is 58.4 Å². The summed E-state index contributed by atoms with van der Waals surface area (Å²) in [5, 5.41) is -0.617. The van der Waals surface area contributed by atoms with Crippen LogP contribution >= 0.6 is 11.8 Å². The first-order chi connectivity index (χ1) is 30.4. The maximum atomic E-state index is 14.9. The van der Waals surface area contributed by atoms with Gasteiger partial charge in [0.2, 0.25) is 5.91 Å². The predicted octanol–water partition coefficient (Wildman–Crippen LogP) is 7.44. The number of hydrogen-bond acceptors (Lipinski definition) is 5. The molecule has 0 saturated heterocycles. The van der Waals surface area contributed by atoms with E-state index in [1.807, 2.05) is 0 Å². The Morgan fingerprint density at radius 3 is 2.52 bits per heavy atom. The fourth-order valence-corrected chi connectivity index (χ4v) is 5.84. The van der Waals surface area contributed by atoms with Crippen LogP contribution in [0.3, 0.4) is 0 Å². The number of aromatic nitrogens is 2. The van der Waals surface area contributed by atoms with Crippen LogP contribution in [0.4, 0.5) is 17.6 Å². The van der Waals surface area contributed by atoms with E-state index in [1.165, 1.54) is 0 Å². The van der Waals surface area contributed by atoms with Crippen LogP contribution in [0.25, 0.3) is 0 Å². The lowest BCUT2D eigenvalue weighted by molar-refractivity contribution is -0.131. The van der Waals surface area contributed by atoms with Crippen LogP contribution in [0.5, 0.6) is 0 Å². The van der Waals surface area contributed by atoms with E-state index in [-0.39, 0.29) is 35.9 Å². The molecule has 0 fully saturated rings. The molecule has 4 unspecified atom stereocenters. The first-order valence-electron chi connectivity index (χ1n) is 24.5. The van der Waals surface area contributed by atoms with Gasteiger partial charge in [0.15, 0.2) is 5.16 Å². The Labute approximate surface area is 311 Å². The fraction of sp³-hybridized carbons (Fsp3) is 0.486. The average molecular weight is 704 g/mol. The molecule has 48 heavy (non-hydrogen) atoms. The molecule has 0 aliphatic heterocycles. The molecule has 3 aliphatic carbocycles. The van der Waals surface area contributed by atoms with Crippen LogP contribution in [0.15, 0.2) is 80.6 Å². The number of rotatable bonds is 13. The molecule has 1 aromatic carbocycles. The van der Waals surface area contributed by atoms with Gasteiger partial charge in [-0.25, -0.2) is 4.39 Å². The number of allylic oxidation sites excluding steroid dienone is 7. The van der Waals surface area contributed by atoms with Crippen molar-refractivity contribution in [3.63, 3.8) is 0 Å². The van der Waals surface area contributed by atoms with Gasteiger partial charge in [-0.2, -0.15) is 18.2 Å². The molecule has 11 heteroatoms. The van der Waals surface area contributed by atoms with E-state index in [0.29, 0.717) is 16.2 Å². The molecule has 1 aromatic heterocycles. The highest BCUT2D eigenvalue weighted by Gasteiger charge is 2.38. The Kier molecular flexibility index (Phi) is 6.12. The first kappa shape index (κ1) is 18.5. The number of fused-ring (bicyclic) bond motifs is 1. The molecule has 258 valence electrons. The van der Waals surface area contributed by atoms with E-state index in [4.69, 9.17) is 23.3 Å². The Bertz CT molecular complexity index is 2530. The summed E-state index contributed by atoms with van der Waals surface area (Å²) in [6, 6.07) is -9.51. The smallest absolute Gasteiger partial charge is 0.336 e. The normalized spacial score (nSPS) is 30.2. The minimum absolute atomic E-state index is 0.0339. The number of alkyl halides is 3. The lowest BCUT2D eigenvalue weighted by atomic mass is 9.82. The van der Waals surface area contributed by atoms with E-state index in [2.05, 4.69) is 4.98 Å². The first-order valence-corrected chi connectivity index (χ1v) is 15.6. The molecule has 2 aromatic rings. The lowest BCUT2D eigenvalue weighted by Gasteiger charge is -2.30. The maximum absolute atomic E-state index is 14.9. The summed E-state index contributed by atoms with van der Waals surface area (Å²) in [4.78, 5) is 33.0. The third-order valence-electron chi connectivity index (χ3n) is 7.52. The summed E-state index contributed by atoms with van der Waals surface area (Å²) in [6.07, 6.45) is -11.2. The number of carbonyl (C=O) groups excluding carboxylic acids is 1. The lowest BCUT2D eigenvalue weighted by Crippen LogP contribution is -2.42. The van der Waals surface area contributed by atoms with Crippen LogP contribution in [0.2, 0.25) is 0 Å². The molecular formula is C37H44F4N4O2S. The third kappa shape index (κ3) is 8.77. The second kappa shape index (κ2) is 15.8. The van der Waals surface area contributed by atoms with Gasteiger partial charge < -0.3 is 14.4 Å². The van der Waals surface area contributed by atoms with Crippen LogP contribution in [0.1, 0.15) is 89.2 Å². The Morgan fingerprint density at radius 1 is 1.08 bits per heavy atom. The van der Waals surface area contributed by atoms with Gasteiger partial charge in [0.1, 0.15) is 12.4 Å². The fourth-order valence-electron chi connectivity index (χ4n) is 5.13. The molecular weight excluding hydrogens is 640 g/mol. The van der Waals surface area contributed by atoms with Gasteiger partial charge in [0.05, 0.1) is 13.7 Å². The zero-order valence-corrected chi connectivity index (χ0v) is 26.9. The molecule has 6 nitrogen and oxygen atoms in total. The summed E-state index contributed by atoms with van der Waals surface area (Å²) in [5.74, 6) is -4.73. The van der Waals surface area contributed by atoms with Crippen LogP contribution in [0, 0.1) is 11.7 Å². The molecule has 1 amide bonds. The Morgan fingerprint density at radius 2 is 1.81 bits per heavy atom. The van der Waals surface area contributed by atoms with Gasteiger partial charge in [-0.05, 0) is 86.2 Å². The Hall–Kier alpha value is -3.44. The van der Waals surface area contributed by atoms with Crippen LogP contribution < -0.4 is 5.56 Å². The molecule has 4 atom stereocenters. The van der Waals surface area contributed by atoms with Crippen molar-refractivity contribution >= 4 is 17.7 Å². The van der Waals surface area contributed by atoms with Gasteiger partial charge in [-0.1, -0.05) is 74.4 Å². The third-order valence-corrected chi connectivity index (χ3v) is 8.32. The number of benzene rings is 1. The van der Waals surface area contributed by atoms with Gasteiger partial charge in [0.25, 0.3) is 5.56 Å². The Balaban J connectivity index is 1.71. The molecule has 0 saturated carbocycles. The summed E-state index contributed by atoms with van der Waals surface area (Å²) < 4.78 is 220. The number of hydrogen-bond donors (Lipinski definition) is 0. The SMILES string of the molecule is [2H]C1=C(C2=C([2H])C([2H])=C(C(F)(F)F)C(C)C2[2H])C([2H])C([2H])C(C([2H])([2H])N(CCN(C([2H])([2H])C)C([2H])([2H])C)C(=O)Cn2c(SC([2H])([2H])c3c([2H])c([2H])c(F)c([2H])c3[2H])nc(=O)c3c2CCC3)=C1[2H]. The number of thioether (sulfide) groups is 1. The summed E-state index contributed by atoms with van der Waals surface area (Å²) in [7, 11) is 0. The second-order valence-electron chi connectivity index (χ2n) is 10.7. The zero-order valence-electron chi connectivity index (χ0n) is 45.1. The van der Waals surface area contributed by atoms with Gasteiger partial charge in [-0.15, -0.1) is 0 Å². The molecule has 0 radical (unpaired) electrons. The van der Waals surface area contributed by atoms with Gasteiger partial charge in [-0.3, -0.25) is 9.59 Å². The summed E-state index contributed by atoms with van der Waals surface area (Å²) >= 11 is 0.0339. The largest absolute Gasteiger partial charge is 0.412 e. The quantitative estimate of drug-likeness (QED) is 0.123. The predicted molar refractivity (Wildman–Crippen MR) is 182 cm³/mol. The number of halogens is 4. The van der Waals surface area contributed by atoms with Crippen molar-refractivity contribution in [2.45, 2.75) is 82.8 Å². The van der Waals surface area contributed by atoms with E-state index in [0.717, 1.165) is 25.3 Å². The molecule has 0 spiro atoms. The molecule has 3 aliphatic rings. The number of amides is 1. The van der Waals surface area contributed by atoms with Crippen LogP contribution in [-0.2, 0) is 29.9 Å².